The quantitative estimate of drug-likeness (QED) is 0.200. The van der Waals surface area contributed by atoms with Crippen LogP contribution in [0.2, 0.25) is 0 Å². The topological polar surface area (TPSA) is 91.0 Å². The van der Waals surface area contributed by atoms with E-state index in [9.17, 15) is 9.90 Å². The second-order valence-corrected chi connectivity index (χ2v) is 8.99. The molecule has 0 aliphatic heterocycles. The van der Waals surface area contributed by atoms with Crippen molar-refractivity contribution in [2.75, 3.05) is 6.61 Å². The zero-order valence-electron chi connectivity index (χ0n) is 20.1. The molecule has 0 unspecified atom stereocenters. The second kappa shape index (κ2) is 9.66. The minimum Gasteiger partial charge on any atom is -0.493 e. The van der Waals surface area contributed by atoms with E-state index in [-0.39, 0.29) is 5.69 Å². The number of hydrogen-bond acceptors (Lipinski definition) is 3. The SMILES string of the molecule is O=C(O)c1[nH]c2c(-c3ccc(-c4ccn[nH]4)cc3)cccc2c1CCCOc1cccc2ccccc12. The molecule has 6 heteroatoms. The Morgan fingerprint density at radius 1 is 0.838 bits per heavy atom. The highest BCUT2D eigenvalue weighted by Gasteiger charge is 2.19. The van der Waals surface area contributed by atoms with Gasteiger partial charge in [0.25, 0.3) is 0 Å². The van der Waals surface area contributed by atoms with Gasteiger partial charge in [-0.05, 0) is 47.1 Å². The number of carboxylic acids is 1. The van der Waals surface area contributed by atoms with Gasteiger partial charge in [0, 0.05) is 22.5 Å². The third kappa shape index (κ3) is 4.34. The zero-order valence-corrected chi connectivity index (χ0v) is 20.1. The predicted molar refractivity (Wildman–Crippen MR) is 146 cm³/mol. The number of nitrogens with zero attached hydrogens (tertiary/aromatic N) is 1. The number of para-hydroxylation sites is 1. The molecule has 182 valence electrons. The molecule has 0 saturated heterocycles. The lowest BCUT2D eigenvalue weighted by atomic mass is 9.98. The van der Waals surface area contributed by atoms with E-state index in [2.05, 4.69) is 33.4 Å². The average molecular weight is 488 g/mol. The lowest BCUT2D eigenvalue weighted by Gasteiger charge is -2.09. The molecule has 0 fully saturated rings. The van der Waals surface area contributed by atoms with E-state index in [0.29, 0.717) is 19.4 Å². The summed E-state index contributed by atoms with van der Waals surface area (Å²) in [5, 5.41) is 20.1. The first kappa shape index (κ1) is 22.6. The number of ether oxygens (including phenoxy) is 1. The van der Waals surface area contributed by atoms with Crippen molar-refractivity contribution in [2.24, 2.45) is 0 Å². The smallest absolute Gasteiger partial charge is 0.352 e. The molecule has 37 heavy (non-hydrogen) atoms. The molecule has 6 rings (SSSR count). The number of hydrogen-bond donors (Lipinski definition) is 3. The number of nitrogens with one attached hydrogen (secondary N) is 2. The standard InChI is InChI=1S/C31H25N3O3/c35-31(36)30-26(11-5-19-37-28-12-3-7-20-6-1-2-8-23(20)28)25-10-4-9-24(29(25)33-30)21-13-15-22(16-14-21)27-17-18-32-34-27/h1-4,6-10,12-18,33H,5,11,19H2,(H,32,34)(H,35,36). The molecule has 4 aromatic carbocycles. The molecule has 0 amide bonds. The number of rotatable bonds is 8. The van der Waals surface area contributed by atoms with Crippen LogP contribution < -0.4 is 4.74 Å². The Morgan fingerprint density at radius 3 is 2.41 bits per heavy atom. The highest BCUT2D eigenvalue weighted by atomic mass is 16.5. The van der Waals surface area contributed by atoms with Gasteiger partial charge < -0.3 is 14.8 Å². The monoisotopic (exact) mass is 487 g/mol. The number of aromatic amines is 2. The number of carbonyl (C=O) groups is 1. The summed E-state index contributed by atoms with van der Waals surface area (Å²) in [7, 11) is 0. The number of benzene rings is 4. The zero-order chi connectivity index (χ0) is 25.2. The fourth-order valence-corrected chi connectivity index (χ4v) is 4.95. The molecule has 0 saturated carbocycles. The largest absolute Gasteiger partial charge is 0.493 e. The van der Waals surface area contributed by atoms with Crippen LogP contribution in [0.3, 0.4) is 0 Å². The van der Waals surface area contributed by atoms with Crippen molar-refractivity contribution >= 4 is 27.6 Å². The van der Waals surface area contributed by atoms with Crippen molar-refractivity contribution in [1.82, 2.24) is 15.2 Å². The molecule has 6 aromatic rings. The van der Waals surface area contributed by atoms with Crippen LogP contribution in [0.4, 0.5) is 0 Å². The highest BCUT2D eigenvalue weighted by Crippen LogP contribution is 2.33. The van der Waals surface area contributed by atoms with E-state index in [1.165, 1.54) is 0 Å². The van der Waals surface area contributed by atoms with Gasteiger partial charge in [-0.3, -0.25) is 5.10 Å². The van der Waals surface area contributed by atoms with E-state index in [1.807, 2.05) is 72.8 Å². The van der Waals surface area contributed by atoms with E-state index in [0.717, 1.165) is 55.4 Å². The number of H-pyrrole nitrogens is 2. The Hall–Kier alpha value is -4.84. The van der Waals surface area contributed by atoms with Gasteiger partial charge in [-0.1, -0.05) is 78.9 Å². The van der Waals surface area contributed by atoms with Crippen molar-refractivity contribution in [3.63, 3.8) is 0 Å². The Kier molecular flexibility index (Phi) is 5.91. The fraction of sp³-hybridized carbons (Fsp3) is 0.0968. The van der Waals surface area contributed by atoms with E-state index in [4.69, 9.17) is 4.74 Å². The summed E-state index contributed by atoms with van der Waals surface area (Å²) in [6.45, 7) is 0.495. The summed E-state index contributed by atoms with van der Waals surface area (Å²) >= 11 is 0. The highest BCUT2D eigenvalue weighted by molar-refractivity contribution is 6.03. The molecule has 0 bridgehead atoms. The number of aromatic carboxylic acids is 1. The maximum atomic E-state index is 12.1. The molecule has 2 aromatic heterocycles. The van der Waals surface area contributed by atoms with Crippen LogP contribution in [0.5, 0.6) is 5.75 Å². The van der Waals surface area contributed by atoms with Crippen molar-refractivity contribution < 1.29 is 14.6 Å². The summed E-state index contributed by atoms with van der Waals surface area (Å²) in [5.74, 6) is -0.113. The lowest BCUT2D eigenvalue weighted by Crippen LogP contribution is -2.04. The molecule has 3 N–H and O–H groups in total. The Labute approximate surface area is 213 Å². The Morgan fingerprint density at radius 2 is 1.59 bits per heavy atom. The van der Waals surface area contributed by atoms with Gasteiger partial charge >= 0.3 is 5.97 Å². The van der Waals surface area contributed by atoms with Crippen LogP contribution in [0.25, 0.3) is 44.1 Å². The maximum Gasteiger partial charge on any atom is 0.352 e. The normalized spacial score (nSPS) is 11.2. The van der Waals surface area contributed by atoms with Crippen LogP contribution in [0.1, 0.15) is 22.5 Å². The van der Waals surface area contributed by atoms with Crippen molar-refractivity contribution in [3.8, 4) is 28.1 Å². The van der Waals surface area contributed by atoms with Gasteiger partial charge in [0.1, 0.15) is 11.4 Å². The minimum atomic E-state index is -0.957. The van der Waals surface area contributed by atoms with E-state index < -0.39 is 5.97 Å². The number of aromatic nitrogens is 3. The predicted octanol–water partition coefficient (Wildman–Crippen LogP) is 7.09. The molecule has 0 aliphatic carbocycles. The number of fused-ring (bicyclic) bond motifs is 2. The minimum absolute atomic E-state index is 0.238. The molecule has 0 aliphatic rings. The van der Waals surface area contributed by atoms with Gasteiger partial charge in [0.2, 0.25) is 0 Å². The van der Waals surface area contributed by atoms with Crippen LogP contribution in [-0.2, 0) is 6.42 Å². The third-order valence-electron chi connectivity index (χ3n) is 6.74. The summed E-state index contributed by atoms with van der Waals surface area (Å²) in [4.78, 5) is 15.3. The van der Waals surface area contributed by atoms with Gasteiger partial charge in [0.05, 0.1) is 17.8 Å². The van der Waals surface area contributed by atoms with E-state index in [1.54, 1.807) is 6.20 Å². The van der Waals surface area contributed by atoms with Gasteiger partial charge in [-0.15, -0.1) is 0 Å². The van der Waals surface area contributed by atoms with Crippen LogP contribution in [0, 0.1) is 0 Å². The van der Waals surface area contributed by atoms with Crippen molar-refractivity contribution in [2.45, 2.75) is 12.8 Å². The summed E-state index contributed by atoms with van der Waals surface area (Å²) in [5.41, 5.74) is 5.84. The van der Waals surface area contributed by atoms with Crippen LogP contribution in [0.15, 0.2) is 97.2 Å². The summed E-state index contributed by atoms with van der Waals surface area (Å²) in [6.07, 6.45) is 3.01. The first-order chi connectivity index (χ1) is 18.2. The maximum absolute atomic E-state index is 12.1. The fourth-order valence-electron chi connectivity index (χ4n) is 4.95. The van der Waals surface area contributed by atoms with Crippen LogP contribution in [-0.4, -0.2) is 32.9 Å². The molecule has 0 radical (unpaired) electrons. The van der Waals surface area contributed by atoms with Gasteiger partial charge in [-0.2, -0.15) is 5.10 Å². The third-order valence-corrected chi connectivity index (χ3v) is 6.74. The second-order valence-electron chi connectivity index (χ2n) is 8.99. The molecule has 2 heterocycles. The lowest BCUT2D eigenvalue weighted by molar-refractivity contribution is 0.0690. The summed E-state index contributed by atoms with van der Waals surface area (Å²) in [6, 6.07) is 30.2. The number of carboxylic acid groups (broad SMARTS) is 1. The van der Waals surface area contributed by atoms with Crippen LogP contribution >= 0.6 is 0 Å². The number of aryl methyl sites for hydroxylation is 1. The van der Waals surface area contributed by atoms with Crippen molar-refractivity contribution in [1.29, 1.82) is 0 Å². The average Bonchev–Trinajstić information content (AvgIpc) is 3.60. The van der Waals surface area contributed by atoms with Gasteiger partial charge in [-0.25, -0.2) is 4.79 Å². The molecular weight excluding hydrogens is 462 g/mol. The summed E-state index contributed by atoms with van der Waals surface area (Å²) < 4.78 is 6.10. The molecular formula is C31H25N3O3. The Bertz CT molecular complexity index is 1690. The molecule has 0 atom stereocenters. The Balaban J connectivity index is 1.26. The first-order valence-electron chi connectivity index (χ1n) is 12.3. The molecule has 6 nitrogen and oxygen atoms in total. The molecule has 0 spiro atoms. The first-order valence-corrected chi connectivity index (χ1v) is 12.3. The van der Waals surface area contributed by atoms with Crippen molar-refractivity contribution in [3.05, 3.63) is 108 Å². The van der Waals surface area contributed by atoms with Gasteiger partial charge in [0.15, 0.2) is 0 Å². The van der Waals surface area contributed by atoms with E-state index >= 15 is 0 Å².